The molecule has 8 nitrogen and oxygen atoms in total. The van der Waals surface area contributed by atoms with E-state index < -0.39 is 61.1 Å². The van der Waals surface area contributed by atoms with Gasteiger partial charge in [0.05, 0.1) is 12.8 Å². The SMILES string of the molecule is COC1[C@@H](Sc2cncc(C#C[Si](C)(C)C)c2)OC(CO)[C@H](O)[C@@H]1n1cc(-c2cc(F)c(Cl)c(F)c2)nn1. The van der Waals surface area contributed by atoms with Gasteiger partial charge in [-0.05, 0) is 18.2 Å². The topological polar surface area (TPSA) is 103 Å². The highest BCUT2D eigenvalue weighted by molar-refractivity contribution is 7.99. The molecule has 1 aliphatic heterocycles. The van der Waals surface area contributed by atoms with Crippen LogP contribution in [0.4, 0.5) is 8.78 Å². The fourth-order valence-corrected chi connectivity index (χ4v) is 5.73. The molecule has 0 saturated carbocycles. The van der Waals surface area contributed by atoms with E-state index in [0.717, 1.165) is 22.6 Å². The molecule has 0 amide bonds. The fraction of sp³-hybridized carbons (Fsp3) is 0.400. The van der Waals surface area contributed by atoms with E-state index in [4.69, 9.17) is 21.1 Å². The van der Waals surface area contributed by atoms with E-state index in [0.29, 0.717) is 0 Å². The summed E-state index contributed by atoms with van der Waals surface area (Å²) < 4.78 is 41.1. The Labute approximate surface area is 229 Å². The molecule has 5 atom stereocenters. The molecule has 2 aromatic heterocycles. The van der Waals surface area contributed by atoms with E-state index >= 15 is 0 Å². The molecule has 2 unspecified atom stereocenters. The molecule has 2 N–H and O–H groups in total. The maximum Gasteiger partial charge on any atom is 0.145 e. The Hall–Kier alpha value is -2.37. The van der Waals surface area contributed by atoms with Gasteiger partial charge in [-0.1, -0.05) is 54.1 Å². The summed E-state index contributed by atoms with van der Waals surface area (Å²) in [5.74, 6) is 1.32. The normalized spacial score (nSPS) is 23.7. The van der Waals surface area contributed by atoms with Crippen molar-refractivity contribution in [3.63, 3.8) is 0 Å². The Morgan fingerprint density at radius 1 is 1.21 bits per heavy atom. The van der Waals surface area contributed by atoms with Gasteiger partial charge in [0.2, 0.25) is 0 Å². The Bertz CT molecular complexity index is 1340. The molecule has 38 heavy (non-hydrogen) atoms. The van der Waals surface area contributed by atoms with Crippen LogP contribution in [0.25, 0.3) is 11.3 Å². The van der Waals surface area contributed by atoms with Gasteiger partial charge in [0.15, 0.2) is 0 Å². The lowest BCUT2D eigenvalue weighted by Crippen LogP contribution is -2.55. The van der Waals surface area contributed by atoms with Gasteiger partial charge < -0.3 is 19.7 Å². The number of rotatable bonds is 6. The van der Waals surface area contributed by atoms with Gasteiger partial charge in [-0.25, -0.2) is 13.5 Å². The van der Waals surface area contributed by atoms with Gasteiger partial charge >= 0.3 is 0 Å². The van der Waals surface area contributed by atoms with Crippen LogP contribution in [0.3, 0.4) is 0 Å². The Morgan fingerprint density at radius 3 is 2.55 bits per heavy atom. The van der Waals surface area contributed by atoms with Crippen molar-refractivity contribution >= 4 is 31.4 Å². The van der Waals surface area contributed by atoms with E-state index in [1.165, 1.54) is 29.8 Å². The molecule has 1 aromatic carbocycles. The lowest BCUT2D eigenvalue weighted by atomic mass is 9.97. The highest BCUT2D eigenvalue weighted by atomic mass is 35.5. The first-order chi connectivity index (χ1) is 18.0. The van der Waals surface area contributed by atoms with Crippen molar-refractivity contribution in [2.24, 2.45) is 0 Å². The van der Waals surface area contributed by atoms with Crippen molar-refractivity contribution in [2.45, 2.75) is 54.3 Å². The third kappa shape index (κ3) is 6.43. The molecule has 1 fully saturated rings. The van der Waals surface area contributed by atoms with Gasteiger partial charge in [-0.2, -0.15) is 0 Å². The van der Waals surface area contributed by atoms with Crippen molar-refractivity contribution in [3.05, 3.63) is 59.0 Å². The zero-order valence-electron chi connectivity index (χ0n) is 21.1. The standard InChI is InChI=1S/C25H27ClF2N4O4SSi/c1-35-24-22(32-12-19(30-31-32)15-8-17(27)21(26)18(28)9-15)23(34)20(13-33)36-25(24)37-16-7-14(10-29-11-16)5-6-38(2,3)4/h7-12,20,22-25,33-34H,13H2,1-4H3/t20?,22-,23-,24?,25+/m0/s1. The zero-order valence-corrected chi connectivity index (χ0v) is 23.7. The Morgan fingerprint density at radius 2 is 1.92 bits per heavy atom. The Balaban J connectivity index is 1.64. The number of methoxy groups -OCH3 is 1. The summed E-state index contributed by atoms with van der Waals surface area (Å²) in [5.41, 5.74) is 3.69. The third-order valence-electron chi connectivity index (χ3n) is 5.74. The molecule has 0 aliphatic carbocycles. The number of benzene rings is 1. The number of aliphatic hydroxyl groups excluding tert-OH is 2. The van der Waals surface area contributed by atoms with Gasteiger partial charge in [0.25, 0.3) is 0 Å². The van der Waals surface area contributed by atoms with Crippen LogP contribution in [0.5, 0.6) is 0 Å². The molecular formula is C25H27ClF2N4O4SSi. The number of pyridine rings is 1. The number of aromatic nitrogens is 4. The van der Waals surface area contributed by atoms with Gasteiger partial charge in [0.1, 0.15) is 60.2 Å². The molecule has 0 bridgehead atoms. The van der Waals surface area contributed by atoms with Crippen molar-refractivity contribution < 1.29 is 28.5 Å². The minimum absolute atomic E-state index is 0.123. The molecule has 1 aliphatic rings. The van der Waals surface area contributed by atoms with E-state index in [2.05, 4.69) is 46.4 Å². The number of halogens is 3. The van der Waals surface area contributed by atoms with E-state index in [-0.39, 0.29) is 11.3 Å². The molecule has 0 radical (unpaired) electrons. The van der Waals surface area contributed by atoms with Crippen LogP contribution >= 0.6 is 23.4 Å². The highest BCUT2D eigenvalue weighted by Gasteiger charge is 2.47. The summed E-state index contributed by atoms with van der Waals surface area (Å²) >= 11 is 6.90. The number of thioether (sulfide) groups is 1. The average molecular weight is 581 g/mol. The number of aliphatic hydroxyl groups is 2. The van der Waals surface area contributed by atoms with Gasteiger partial charge in [0, 0.05) is 35.5 Å². The predicted octanol–water partition coefficient (Wildman–Crippen LogP) is 3.93. The molecule has 13 heteroatoms. The number of hydrogen-bond donors (Lipinski definition) is 2. The minimum Gasteiger partial charge on any atom is -0.394 e. The summed E-state index contributed by atoms with van der Waals surface area (Å²) in [6, 6.07) is 3.16. The highest BCUT2D eigenvalue weighted by Crippen LogP contribution is 2.39. The van der Waals surface area contributed by atoms with Crippen molar-refractivity contribution in [2.75, 3.05) is 13.7 Å². The lowest BCUT2D eigenvalue weighted by molar-refractivity contribution is -0.186. The summed E-state index contributed by atoms with van der Waals surface area (Å²) in [6.07, 6.45) is 1.88. The second-order valence-electron chi connectivity index (χ2n) is 9.77. The Kier molecular flexibility index (Phi) is 8.88. The van der Waals surface area contributed by atoms with E-state index in [1.807, 2.05) is 6.07 Å². The fourth-order valence-electron chi connectivity index (χ4n) is 3.91. The minimum atomic E-state index is -1.58. The molecule has 1 saturated heterocycles. The predicted molar refractivity (Wildman–Crippen MR) is 142 cm³/mol. The van der Waals surface area contributed by atoms with E-state index in [9.17, 15) is 19.0 Å². The summed E-state index contributed by atoms with van der Waals surface area (Å²) in [4.78, 5) is 5.05. The quantitative estimate of drug-likeness (QED) is 0.257. The average Bonchev–Trinajstić information content (AvgIpc) is 3.36. The second kappa shape index (κ2) is 11.8. The molecule has 3 heterocycles. The molecule has 3 aromatic rings. The molecule has 4 rings (SSSR count). The third-order valence-corrected chi connectivity index (χ3v) is 8.08. The summed E-state index contributed by atoms with van der Waals surface area (Å²) in [7, 11) is -0.108. The van der Waals surface area contributed by atoms with Crippen LogP contribution < -0.4 is 0 Å². The molecular weight excluding hydrogens is 554 g/mol. The second-order valence-corrected chi connectivity index (χ2v) is 16.1. The first-order valence-corrected chi connectivity index (χ1v) is 16.5. The van der Waals surface area contributed by atoms with Crippen LogP contribution in [0.15, 0.2) is 41.7 Å². The van der Waals surface area contributed by atoms with Crippen LogP contribution in [-0.4, -0.2) is 75.7 Å². The monoisotopic (exact) mass is 580 g/mol. The smallest absolute Gasteiger partial charge is 0.145 e. The number of nitrogens with zero attached hydrogens (tertiary/aromatic N) is 4. The number of hydrogen-bond acceptors (Lipinski definition) is 8. The van der Waals surface area contributed by atoms with Crippen molar-refractivity contribution in [3.8, 4) is 22.7 Å². The van der Waals surface area contributed by atoms with Crippen molar-refractivity contribution in [1.29, 1.82) is 0 Å². The molecule has 202 valence electrons. The van der Waals surface area contributed by atoms with Crippen molar-refractivity contribution in [1.82, 2.24) is 20.0 Å². The largest absolute Gasteiger partial charge is 0.394 e. The van der Waals surface area contributed by atoms with Crippen LogP contribution in [0, 0.1) is 23.1 Å². The van der Waals surface area contributed by atoms with Gasteiger partial charge in [-0.15, -0.1) is 10.6 Å². The summed E-state index contributed by atoms with van der Waals surface area (Å²) in [5, 5.41) is 28.5. The zero-order chi connectivity index (χ0) is 27.6. The van der Waals surface area contributed by atoms with Crippen LogP contribution in [0.1, 0.15) is 11.6 Å². The maximum absolute atomic E-state index is 14.0. The van der Waals surface area contributed by atoms with E-state index in [1.54, 1.807) is 12.4 Å². The van der Waals surface area contributed by atoms with Crippen LogP contribution in [0.2, 0.25) is 24.7 Å². The van der Waals surface area contributed by atoms with Crippen LogP contribution in [-0.2, 0) is 9.47 Å². The lowest BCUT2D eigenvalue weighted by Gasteiger charge is -2.43. The van der Waals surface area contributed by atoms with Gasteiger partial charge in [-0.3, -0.25) is 4.98 Å². The number of ether oxygens (including phenoxy) is 2. The summed E-state index contributed by atoms with van der Waals surface area (Å²) in [6.45, 7) is 6.00. The first kappa shape index (κ1) is 28.6. The molecule has 0 spiro atoms. The maximum atomic E-state index is 14.0. The first-order valence-electron chi connectivity index (χ1n) is 11.7.